The molecule has 1 atom stereocenters. The molecule has 1 unspecified atom stereocenters. The first-order valence-corrected chi connectivity index (χ1v) is 11.2. The molecular formula is C24H34N2O3S. The van der Waals surface area contributed by atoms with Gasteiger partial charge < -0.3 is 10.1 Å². The maximum Gasteiger partial charge on any atom is 0.318 e. The number of hydrogen-bond donors (Lipinski definition) is 2. The molecule has 0 bridgehead atoms. The zero-order valence-corrected chi connectivity index (χ0v) is 19.6. The topological polar surface area (TPSA) is 67.4 Å². The third-order valence-electron chi connectivity index (χ3n) is 3.77. The van der Waals surface area contributed by atoms with Gasteiger partial charge in [0.25, 0.3) is 0 Å². The number of ether oxygens (including phenoxy) is 1. The van der Waals surface area contributed by atoms with Crippen LogP contribution in [0.1, 0.15) is 47.1 Å². The lowest BCUT2D eigenvalue weighted by atomic mass is 9.98. The Hall–Kier alpha value is -2.31. The number of carbonyl (C=O) groups is 2. The second-order valence-corrected chi connectivity index (χ2v) is 8.34. The fraction of sp³-hybridized carbons (Fsp3) is 0.417. The van der Waals surface area contributed by atoms with Crippen LogP contribution in [0, 0.1) is 5.92 Å². The van der Waals surface area contributed by atoms with Crippen molar-refractivity contribution >= 4 is 29.5 Å². The van der Waals surface area contributed by atoms with Gasteiger partial charge in [-0.25, -0.2) is 0 Å². The summed E-state index contributed by atoms with van der Waals surface area (Å²) in [5.41, 5.74) is 1.56. The first-order chi connectivity index (χ1) is 14.3. The molecule has 2 N–H and O–H groups in total. The van der Waals surface area contributed by atoms with Gasteiger partial charge in [-0.1, -0.05) is 44.2 Å². The summed E-state index contributed by atoms with van der Waals surface area (Å²) in [4.78, 5) is 26.1. The molecule has 164 valence electrons. The van der Waals surface area contributed by atoms with Crippen LogP contribution in [0.4, 0.5) is 5.69 Å². The van der Waals surface area contributed by atoms with E-state index in [1.165, 1.54) is 11.9 Å². The molecule has 0 aromatic heterocycles. The molecule has 0 aliphatic rings. The second-order valence-electron chi connectivity index (χ2n) is 7.46. The van der Waals surface area contributed by atoms with E-state index in [1.807, 2.05) is 68.4 Å². The molecule has 0 fully saturated rings. The summed E-state index contributed by atoms with van der Waals surface area (Å²) in [5, 5.41) is 2.83. The normalized spacial score (nSPS) is 11.7. The molecule has 0 saturated carbocycles. The van der Waals surface area contributed by atoms with Crippen LogP contribution in [0.3, 0.4) is 0 Å². The average molecular weight is 431 g/mol. The monoisotopic (exact) mass is 430 g/mol. The second kappa shape index (κ2) is 13.1. The molecule has 2 aromatic carbocycles. The average Bonchev–Trinajstić information content (AvgIpc) is 2.73. The Bertz CT molecular complexity index is 771. The first kappa shape index (κ1) is 25.7. The third kappa shape index (κ3) is 9.46. The Morgan fingerprint density at radius 2 is 1.60 bits per heavy atom. The number of nitrogens with one attached hydrogen (secondary N) is 2. The molecule has 0 aliphatic carbocycles. The van der Waals surface area contributed by atoms with Crippen LogP contribution < -0.4 is 10.0 Å². The van der Waals surface area contributed by atoms with Crippen molar-refractivity contribution in [2.45, 2.75) is 58.4 Å². The SMILES string of the molecule is CC.CCOC(=O)C(Cc1ccccc1)C(=O)Nc1ccc(SNC(C)(C)C)cc1. The summed E-state index contributed by atoms with van der Waals surface area (Å²) in [5.74, 6) is -1.76. The highest BCUT2D eigenvalue weighted by Gasteiger charge is 2.28. The third-order valence-corrected chi connectivity index (χ3v) is 4.99. The van der Waals surface area contributed by atoms with Crippen molar-refractivity contribution < 1.29 is 14.3 Å². The Morgan fingerprint density at radius 1 is 1.00 bits per heavy atom. The summed E-state index contributed by atoms with van der Waals surface area (Å²) >= 11 is 1.54. The molecule has 0 heterocycles. The molecule has 6 heteroatoms. The van der Waals surface area contributed by atoms with E-state index in [1.54, 1.807) is 6.92 Å². The number of anilines is 1. The zero-order valence-electron chi connectivity index (χ0n) is 18.8. The van der Waals surface area contributed by atoms with Crippen LogP contribution in [0.25, 0.3) is 0 Å². The predicted molar refractivity (Wildman–Crippen MR) is 125 cm³/mol. The maximum absolute atomic E-state index is 12.7. The van der Waals surface area contributed by atoms with Crippen molar-refractivity contribution in [2.75, 3.05) is 11.9 Å². The number of rotatable bonds is 8. The number of carbonyl (C=O) groups excluding carboxylic acids is 2. The number of amides is 1. The van der Waals surface area contributed by atoms with Gasteiger partial charge in [-0.05, 0) is 75.9 Å². The summed E-state index contributed by atoms with van der Waals surface area (Å²) < 4.78 is 8.45. The van der Waals surface area contributed by atoms with E-state index < -0.39 is 11.9 Å². The van der Waals surface area contributed by atoms with Gasteiger partial charge in [-0.2, -0.15) is 0 Å². The van der Waals surface area contributed by atoms with Crippen LogP contribution in [0.2, 0.25) is 0 Å². The van der Waals surface area contributed by atoms with Crippen molar-refractivity contribution in [3.05, 3.63) is 60.2 Å². The van der Waals surface area contributed by atoms with Crippen LogP contribution in [0.5, 0.6) is 0 Å². The number of benzene rings is 2. The fourth-order valence-electron chi connectivity index (χ4n) is 2.42. The minimum atomic E-state index is -0.890. The van der Waals surface area contributed by atoms with Gasteiger partial charge in [0.15, 0.2) is 0 Å². The highest BCUT2D eigenvalue weighted by molar-refractivity contribution is 7.97. The molecule has 0 saturated heterocycles. The Kier molecular flexibility index (Phi) is 11.2. The highest BCUT2D eigenvalue weighted by Crippen LogP contribution is 2.21. The van der Waals surface area contributed by atoms with E-state index in [0.29, 0.717) is 12.1 Å². The van der Waals surface area contributed by atoms with Crippen molar-refractivity contribution in [3.8, 4) is 0 Å². The quantitative estimate of drug-likeness (QED) is 0.330. The maximum atomic E-state index is 12.7. The summed E-state index contributed by atoms with van der Waals surface area (Å²) in [6, 6.07) is 17.0. The lowest BCUT2D eigenvalue weighted by molar-refractivity contribution is -0.150. The van der Waals surface area contributed by atoms with Gasteiger partial charge in [0.2, 0.25) is 5.91 Å². The smallest absolute Gasteiger partial charge is 0.318 e. The lowest BCUT2D eigenvalue weighted by Gasteiger charge is -2.19. The summed E-state index contributed by atoms with van der Waals surface area (Å²) in [7, 11) is 0. The molecule has 30 heavy (non-hydrogen) atoms. The van der Waals surface area contributed by atoms with Gasteiger partial charge >= 0.3 is 5.97 Å². The Morgan fingerprint density at radius 3 is 2.13 bits per heavy atom. The van der Waals surface area contributed by atoms with Crippen LogP contribution in [-0.2, 0) is 20.7 Å². The van der Waals surface area contributed by atoms with Crippen LogP contribution in [0.15, 0.2) is 59.5 Å². The summed E-state index contributed by atoms with van der Waals surface area (Å²) in [6.45, 7) is 12.3. The minimum Gasteiger partial charge on any atom is -0.465 e. The van der Waals surface area contributed by atoms with Crippen molar-refractivity contribution in [1.29, 1.82) is 0 Å². The fourth-order valence-corrected chi connectivity index (χ4v) is 3.12. The number of hydrogen-bond acceptors (Lipinski definition) is 5. The van der Waals surface area contributed by atoms with Gasteiger partial charge in [-0.15, -0.1) is 0 Å². The predicted octanol–water partition coefficient (Wildman–Crippen LogP) is 5.47. The zero-order chi connectivity index (χ0) is 22.6. The van der Waals surface area contributed by atoms with Crippen LogP contribution in [-0.4, -0.2) is 24.0 Å². The minimum absolute atomic E-state index is 0.00184. The van der Waals surface area contributed by atoms with E-state index in [9.17, 15) is 9.59 Å². The molecule has 1 amide bonds. The molecule has 5 nitrogen and oxygen atoms in total. The molecule has 2 aromatic rings. The Labute approximate surface area is 185 Å². The van der Waals surface area contributed by atoms with Gasteiger partial charge in [0.1, 0.15) is 5.92 Å². The van der Waals surface area contributed by atoms with E-state index in [-0.39, 0.29) is 18.1 Å². The van der Waals surface area contributed by atoms with E-state index in [2.05, 4.69) is 30.8 Å². The highest BCUT2D eigenvalue weighted by atomic mass is 32.2. The number of esters is 1. The van der Waals surface area contributed by atoms with Gasteiger partial charge in [0.05, 0.1) is 6.61 Å². The van der Waals surface area contributed by atoms with E-state index in [0.717, 1.165) is 10.5 Å². The molecule has 0 aliphatic heterocycles. The Balaban J connectivity index is 0.00000218. The standard InChI is InChI=1S/C22H28N2O3S.C2H6/c1-5-27-21(26)19(15-16-9-7-6-8-10-16)20(25)23-17-11-13-18(14-12-17)28-24-22(2,3)4;1-2/h6-14,19,24H,5,15H2,1-4H3,(H,23,25);1-2H3. The first-order valence-electron chi connectivity index (χ1n) is 10.3. The summed E-state index contributed by atoms with van der Waals surface area (Å²) in [6.07, 6.45) is 0.301. The van der Waals surface area contributed by atoms with Crippen molar-refractivity contribution in [3.63, 3.8) is 0 Å². The van der Waals surface area contributed by atoms with Gasteiger partial charge in [0, 0.05) is 16.1 Å². The van der Waals surface area contributed by atoms with E-state index in [4.69, 9.17) is 4.74 Å². The molecular weight excluding hydrogens is 396 g/mol. The van der Waals surface area contributed by atoms with Crippen LogP contribution >= 0.6 is 11.9 Å². The lowest BCUT2D eigenvalue weighted by Crippen LogP contribution is -2.33. The van der Waals surface area contributed by atoms with E-state index >= 15 is 0 Å². The molecule has 2 rings (SSSR count). The largest absolute Gasteiger partial charge is 0.465 e. The molecule has 0 radical (unpaired) electrons. The van der Waals surface area contributed by atoms with Crippen molar-refractivity contribution in [2.24, 2.45) is 5.92 Å². The molecule has 0 spiro atoms. The van der Waals surface area contributed by atoms with Gasteiger partial charge in [-0.3, -0.25) is 14.3 Å². The van der Waals surface area contributed by atoms with Crippen molar-refractivity contribution in [1.82, 2.24) is 4.72 Å².